The summed E-state index contributed by atoms with van der Waals surface area (Å²) in [6.45, 7) is 2.30. The highest BCUT2D eigenvalue weighted by molar-refractivity contribution is 7.89. The van der Waals surface area contributed by atoms with E-state index < -0.39 is 10.0 Å². The van der Waals surface area contributed by atoms with E-state index in [4.69, 9.17) is 18.0 Å². The summed E-state index contributed by atoms with van der Waals surface area (Å²) in [6.07, 6.45) is 5.07. The Morgan fingerprint density at radius 1 is 1.43 bits per heavy atom. The van der Waals surface area contributed by atoms with Gasteiger partial charge in [-0.05, 0) is 19.1 Å². The van der Waals surface area contributed by atoms with Crippen LogP contribution in [0.2, 0.25) is 0 Å². The van der Waals surface area contributed by atoms with Gasteiger partial charge >= 0.3 is 0 Å². The lowest BCUT2D eigenvalue weighted by atomic mass is 10.2. The summed E-state index contributed by atoms with van der Waals surface area (Å²) in [5.41, 5.74) is 6.12. The topological polar surface area (TPSA) is 90.0 Å². The molecule has 1 aromatic heterocycles. The number of hydrogen-bond acceptors (Lipinski definition) is 4. The van der Waals surface area contributed by atoms with Crippen LogP contribution < -0.4 is 10.5 Å². The van der Waals surface area contributed by atoms with E-state index in [0.29, 0.717) is 12.1 Å². The zero-order valence-corrected chi connectivity index (χ0v) is 13.1. The van der Waals surface area contributed by atoms with Gasteiger partial charge in [-0.15, -0.1) is 0 Å². The number of hydrogen-bond donors (Lipinski definition) is 2. The molecule has 112 valence electrons. The second-order valence-corrected chi connectivity index (χ2v) is 6.82. The third kappa shape index (κ3) is 4.10. The van der Waals surface area contributed by atoms with Gasteiger partial charge in [-0.25, -0.2) is 18.1 Å². The lowest BCUT2D eigenvalue weighted by Crippen LogP contribution is -2.35. The van der Waals surface area contributed by atoms with Crippen molar-refractivity contribution in [1.82, 2.24) is 14.3 Å². The third-order valence-corrected chi connectivity index (χ3v) is 4.69. The molecule has 6 nitrogen and oxygen atoms in total. The number of benzene rings is 1. The number of aromatic nitrogens is 2. The fourth-order valence-electron chi connectivity index (χ4n) is 1.88. The SMILES string of the molecule is CC(Cn1ccnc1)NS(=O)(=O)c1ccc(C(N)=S)cc1. The van der Waals surface area contributed by atoms with Crippen molar-refractivity contribution in [2.45, 2.75) is 24.4 Å². The van der Waals surface area contributed by atoms with Crippen LogP contribution in [-0.2, 0) is 16.6 Å². The molecule has 0 fully saturated rings. The molecule has 1 unspecified atom stereocenters. The molecule has 8 heteroatoms. The highest BCUT2D eigenvalue weighted by Crippen LogP contribution is 2.11. The van der Waals surface area contributed by atoms with Crippen LogP contribution >= 0.6 is 12.2 Å². The average Bonchev–Trinajstić information content (AvgIpc) is 2.90. The molecule has 0 saturated heterocycles. The molecule has 21 heavy (non-hydrogen) atoms. The number of thiocarbonyl (C=S) groups is 1. The largest absolute Gasteiger partial charge is 0.389 e. The monoisotopic (exact) mass is 324 g/mol. The first-order valence-electron chi connectivity index (χ1n) is 6.26. The van der Waals surface area contributed by atoms with Crippen LogP contribution in [0.1, 0.15) is 12.5 Å². The molecule has 0 saturated carbocycles. The van der Waals surface area contributed by atoms with E-state index in [9.17, 15) is 8.42 Å². The average molecular weight is 324 g/mol. The Kier molecular flexibility index (Phi) is 4.71. The molecule has 0 radical (unpaired) electrons. The van der Waals surface area contributed by atoms with Crippen molar-refractivity contribution in [3.05, 3.63) is 48.5 Å². The van der Waals surface area contributed by atoms with Gasteiger partial charge in [-0.2, -0.15) is 0 Å². The molecule has 1 aromatic carbocycles. The van der Waals surface area contributed by atoms with Crippen molar-refractivity contribution >= 4 is 27.2 Å². The summed E-state index contributed by atoms with van der Waals surface area (Å²) in [4.78, 5) is 4.33. The first kappa shape index (κ1) is 15.6. The second kappa shape index (κ2) is 6.33. The maximum absolute atomic E-state index is 12.3. The molecule has 0 amide bonds. The van der Waals surface area contributed by atoms with E-state index in [-0.39, 0.29) is 15.9 Å². The van der Waals surface area contributed by atoms with Crippen LogP contribution in [0.4, 0.5) is 0 Å². The van der Waals surface area contributed by atoms with E-state index in [1.165, 1.54) is 12.1 Å². The lowest BCUT2D eigenvalue weighted by molar-refractivity contribution is 0.520. The molecule has 2 aromatic rings. The molecule has 0 aliphatic rings. The third-order valence-electron chi connectivity index (χ3n) is 2.85. The smallest absolute Gasteiger partial charge is 0.240 e. The highest BCUT2D eigenvalue weighted by Gasteiger charge is 2.17. The zero-order chi connectivity index (χ0) is 15.5. The minimum atomic E-state index is -3.57. The molecule has 0 bridgehead atoms. The number of nitrogens with zero attached hydrogens (tertiary/aromatic N) is 2. The Morgan fingerprint density at radius 2 is 2.10 bits per heavy atom. The maximum Gasteiger partial charge on any atom is 0.240 e. The number of sulfonamides is 1. The molecule has 0 aliphatic carbocycles. The van der Waals surface area contributed by atoms with Crippen LogP contribution in [0.15, 0.2) is 47.9 Å². The minimum absolute atomic E-state index is 0.181. The maximum atomic E-state index is 12.3. The molecule has 1 heterocycles. The summed E-state index contributed by atoms with van der Waals surface area (Å²) in [7, 11) is -3.57. The Bertz CT molecular complexity index is 709. The molecular weight excluding hydrogens is 308 g/mol. The number of imidazole rings is 1. The van der Waals surface area contributed by atoms with Crippen molar-refractivity contribution in [3.8, 4) is 0 Å². The summed E-state index contributed by atoms with van der Waals surface area (Å²) in [5.74, 6) is 0. The van der Waals surface area contributed by atoms with Gasteiger partial charge in [-0.3, -0.25) is 0 Å². The van der Waals surface area contributed by atoms with Crippen molar-refractivity contribution < 1.29 is 8.42 Å². The van der Waals surface area contributed by atoms with Crippen LogP contribution in [0.3, 0.4) is 0 Å². The molecule has 0 aliphatic heterocycles. The summed E-state index contributed by atoms with van der Waals surface area (Å²) >= 11 is 4.84. The molecular formula is C13H16N4O2S2. The van der Waals surface area contributed by atoms with Crippen molar-refractivity contribution in [3.63, 3.8) is 0 Å². The van der Waals surface area contributed by atoms with Gasteiger partial charge in [0, 0.05) is 30.5 Å². The Morgan fingerprint density at radius 3 is 2.62 bits per heavy atom. The molecule has 2 rings (SSSR count). The van der Waals surface area contributed by atoms with Gasteiger partial charge < -0.3 is 10.3 Å². The van der Waals surface area contributed by atoms with E-state index in [2.05, 4.69) is 9.71 Å². The molecule has 0 spiro atoms. The predicted molar refractivity (Wildman–Crippen MR) is 84.3 cm³/mol. The van der Waals surface area contributed by atoms with Gasteiger partial charge in [-0.1, -0.05) is 24.4 Å². The Labute approximate surface area is 129 Å². The van der Waals surface area contributed by atoms with Gasteiger partial charge in [0.15, 0.2) is 0 Å². The second-order valence-electron chi connectivity index (χ2n) is 4.67. The Hall–Kier alpha value is -1.77. The van der Waals surface area contributed by atoms with Gasteiger partial charge in [0.05, 0.1) is 11.2 Å². The molecule has 1 atom stereocenters. The van der Waals surface area contributed by atoms with Crippen molar-refractivity contribution in [1.29, 1.82) is 0 Å². The Balaban J connectivity index is 2.08. The van der Waals surface area contributed by atoms with E-state index >= 15 is 0 Å². The van der Waals surface area contributed by atoms with Crippen LogP contribution in [0, 0.1) is 0 Å². The molecule has 3 N–H and O–H groups in total. The highest BCUT2D eigenvalue weighted by atomic mass is 32.2. The van der Waals surface area contributed by atoms with Gasteiger partial charge in [0.2, 0.25) is 10.0 Å². The van der Waals surface area contributed by atoms with Crippen LogP contribution in [0.5, 0.6) is 0 Å². The number of nitrogens with two attached hydrogens (primary N) is 1. The summed E-state index contributed by atoms with van der Waals surface area (Å²) < 4.78 is 28.9. The van der Waals surface area contributed by atoms with E-state index in [1.807, 2.05) is 4.57 Å². The number of nitrogens with one attached hydrogen (secondary N) is 1. The lowest BCUT2D eigenvalue weighted by Gasteiger charge is -2.15. The van der Waals surface area contributed by atoms with E-state index in [1.54, 1.807) is 37.8 Å². The zero-order valence-electron chi connectivity index (χ0n) is 11.4. The van der Waals surface area contributed by atoms with E-state index in [0.717, 1.165) is 0 Å². The normalized spacial score (nSPS) is 13.0. The summed E-state index contributed by atoms with van der Waals surface area (Å²) in [6, 6.07) is 5.90. The standard InChI is InChI=1S/C13H16N4O2S2/c1-10(8-17-7-6-15-9-17)16-21(18,19)12-4-2-11(3-5-12)13(14)20/h2-7,9-10,16H,8H2,1H3,(H2,14,20). The minimum Gasteiger partial charge on any atom is -0.389 e. The fourth-order valence-corrected chi connectivity index (χ4v) is 3.25. The first-order chi connectivity index (χ1) is 9.88. The van der Waals surface area contributed by atoms with Crippen molar-refractivity contribution in [2.75, 3.05) is 0 Å². The number of rotatable bonds is 6. The van der Waals surface area contributed by atoms with Crippen LogP contribution in [-0.4, -0.2) is 29.0 Å². The fraction of sp³-hybridized carbons (Fsp3) is 0.231. The van der Waals surface area contributed by atoms with Gasteiger partial charge in [0.25, 0.3) is 0 Å². The van der Waals surface area contributed by atoms with Gasteiger partial charge in [0.1, 0.15) is 4.99 Å². The summed E-state index contributed by atoms with van der Waals surface area (Å²) in [5, 5.41) is 0. The first-order valence-corrected chi connectivity index (χ1v) is 8.15. The van der Waals surface area contributed by atoms with Crippen molar-refractivity contribution in [2.24, 2.45) is 5.73 Å². The van der Waals surface area contributed by atoms with Crippen LogP contribution in [0.25, 0.3) is 0 Å². The predicted octanol–water partition coefficient (Wildman–Crippen LogP) is 0.884. The quantitative estimate of drug-likeness (QED) is 0.770.